The maximum absolute atomic E-state index is 15.5. The van der Waals surface area contributed by atoms with E-state index in [9.17, 15) is 19.2 Å². The number of halogens is 1. The van der Waals surface area contributed by atoms with Crippen molar-refractivity contribution in [3.63, 3.8) is 0 Å². The highest BCUT2D eigenvalue weighted by atomic mass is 19.1. The molecule has 9 rings (SSSR count). The number of benzene rings is 1. The lowest BCUT2D eigenvalue weighted by Crippen LogP contribution is -2.50. The maximum atomic E-state index is 15.5. The Balaban J connectivity index is 0.701. The average molecular weight is 940 g/mol. The van der Waals surface area contributed by atoms with Crippen LogP contribution in [0.5, 0.6) is 0 Å². The Bertz CT molecular complexity index is 2520. The Hall–Kier alpha value is -6.19. The van der Waals surface area contributed by atoms with E-state index in [-0.39, 0.29) is 35.9 Å². The summed E-state index contributed by atoms with van der Waals surface area (Å²) >= 11 is 0. The number of hydrogen-bond acceptors (Lipinski definition) is 11. The molecule has 364 valence electrons. The van der Waals surface area contributed by atoms with Crippen molar-refractivity contribution in [1.82, 2.24) is 40.2 Å². The predicted molar refractivity (Wildman–Crippen MR) is 264 cm³/mol. The Labute approximate surface area is 405 Å². The molecule has 15 heteroatoms. The number of carbonyl (C=O) groups excluding carboxylic acids is 4. The molecule has 69 heavy (non-hydrogen) atoms. The number of imide groups is 1. The number of nitrogens with one attached hydrogen (secondary N) is 3. The molecule has 0 bridgehead atoms. The summed E-state index contributed by atoms with van der Waals surface area (Å²) in [5, 5.41) is 8.16. The van der Waals surface area contributed by atoms with Crippen molar-refractivity contribution in [2.24, 2.45) is 5.92 Å². The molecule has 0 radical (unpaired) electrons. The topological polar surface area (TPSA) is 152 Å². The molecule has 1 aromatic carbocycles. The second-order valence-corrected chi connectivity index (χ2v) is 20.5. The van der Waals surface area contributed by atoms with E-state index in [0.717, 1.165) is 119 Å². The summed E-state index contributed by atoms with van der Waals surface area (Å²) in [5.74, 6) is 0.795. The third kappa shape index (κ3) is 11.6. The van der Waals surface area contributed by atoms with Crippen LogP contribution in [0.1, 0.15) is 112 Å². The highest BCUT2D eigenvalue weighted by molar-refractivity contribution is 6.00. The van der Waals surface area contributed by atoms with Crippen LogP contribution in [0.4, 0.5) is 15.0 Å². The summed E-state index contributed by atoms with van der Waals surface area (Å²) in [4.78, 5) is 68.1. The molecule has 6 heterocycles. The maximum Gasteiger partial charge on any atom is 0.413 e. The van der Waals surface area contributed by atoms with Crippen LogP contribution in [0.15, 0.2) is 95.9 Å². The molecular weight excluding hydrogens is 874 g/mol. The molecular formula is C54H66FN9O5. The molecule has 2 unspecified atom stereocenters. The number of likely N-dealkylation sites (tertiary alicyclic amines) is 2. The van der Waals surface area contributed by atoms with Gasteiger partial charge in [0.05, 0.1) is 11.4 Å². The van der Waals surface area contributed by atoms with E-state index in [1.165, 1.54) is 17.2 Å². The van der Waals surface area contributed by atoms with Gasteiger partial charge in [-0.2, -0.15) is 0 Å². The van der Waals surface area contributed by atoms with Gasteiger partial charge < -0.3 is 19.9 Å². The van der Waals surface area contributed by atoms with Crippen LogP contribution in [-0.2, 0) is 14.3 Å². The van der Waals surface area contributed by atoms with E-state index in [2.05, 4.69) is 60.8 Å². The summed E-state index contributed by atoms with van der Waals surface area (Å²) < 4.78 is 20.9. The molecule has 2 aromatic heterocycles. The van der Waals surface area contributed by atoms with Gasteiger partial charge in [-0.05, 0) is 137 Å². The zero-order chi connectivity index (χ0) is 48.2. The Morgan fingerprint density at radius 2 is 1.62 bits per heavy atom. The second-order valence-electron chi connectivity index (χ2n) is 20.5. The van der Waals surface area contributed by atoms with Gasteiger partial charge in [-0.25, -0.2) is 14.2 Å². The van der Waals surface area contributed by atoms with E-state index in [4.69, 9.17) is 9.72 Å². The highest BCUT2D eigenvalue weighted by Gasteiger charge is 2.32. The first kappa shape index (κ1) is 47.9. The quantitative estimate of drug-likeness (QED) is 0.162. The predicted octanol–water partition coefficient (Wildman–Crippen LogP) is 7.76. The van der Waals surface area contributed by atoms with Crippen molar-refractivity contribution < 1.29 is 28.3 Å². The number of carbonyl (C=O) groups is 4. The first-order valence-corrected chi connectivity index (χ1v) is 24.8. The fourth-order valence-corrected chi connectivity index (χ4v) is 10.7. The second kappa shape index (κ2) is 20.8. The number of allylic oxidation sites excluding steroid dienone is 4. The van der Waals surface area contributed by atoms with Crippen LogP contribution < -0.4 is 16.0 Å². The number of pyridine rings is 2. The monoisotopic (exact) mass is 940 g/mol. The molecule has 0 saturated carbocycles. The van der Waals surface area contributed by atoms with Gasteiger partial charge in [0.15, 0.2) is 0 Å². The normalized spacial score (nSPS) is 22.2. The fourth-order valence-electron chi connectivity index (χ4n) is 10.7. The van der Waals surface area contributed by atoms with E-state index in [1.54, 1.807) is 12.3 Å². The lowest BCUT2D eigenvalue weighted by molar-refractivity contribution is -0.134. The molecule has 3 N–H and O–H groups in total. The van der Waals surface area contributed by atoms with Crippen LogP contribution in [0.3, 0.4) is 0 Å². The summed E-state index contributed by atoms with van der Waals surface area (Å²) in [6.45, 7) is 16.3. The third-order valence-electron chi connectivity index (χ3n) is 14.6. The van der Waals surface area contributed by atoms with Gasteiger partial charge in [-0.15, -0.1) is 0 Å². The van der Waals surface area contributed by atoms with Gasteiger partial charge in [0.1, 0.15) is 23.3 Å². The van der Waals surface area contributed by atoms with E-state index >= 15 is 4.39 Å². The molecule has 4 amide bonds. The molecule has 0 spiro atoms. The number of hydrogen-bond donors (Lipinski definition) is 3. The van der Waals surface area contributed by atoms with Gasteiger partial charge >= 0.3 is 6.09 Å². The molecule has 6 aliphatic rings. The van der Waals surface area contributed by atoms with Gasteiger partial charge in [-0.3, -0.25) is 39.8 Å². The van der Waals surface area contributed by atoms with Gasteiger partial charge in [0.2, 0.25) is 11.8 Å². The lowest BCUT2D eigenvalue weighted by Gasteiger charge is -2.40. The SMILES string of the molecule is CC1C(CN2CCC(c3ccc(C(=O)N4CCC(CN5CCN(C6=C(F)C=C(NC7CCC(=O)NC7=O)C=CC6)CC5)CC4)cc3)CC2)=Cc2c(-c3ccc(NC(=O)OC(C)(C)C)nc3)ccnc21. The Morgan fingerprint density at radius 1 is 0.870 bits per heavy atom. The molecule has 2 atom stereocenters. The van der Waals surface area contributed by atoms with Crippen LogP contribution >= 0.6 is 0 Å². The van der Waals surface area contributed by atoms with Crippen LogP contribution in [0.2, 0.25) is 0 Å². The molecule has 2 aliphatic carbocycles. The Morgan fingerprint density at radius 3 is 2.32 bits per heavy atom. The molecule has 3 aromatic rings. The van der Waals surface area contributed by atoms with Crippen LogP contribution in [0.25, 0.3) is 17.2 Å². The summed E-state index contributed by atoms with van der Waals surface area (Å²) in [5.41, 5.74) is 8.28. The van der Waals surface area contributed by atoms with Crippen molar-refractivity contribution >= 4 is 35.7 Å². The minimum Gasteiger partial charge on any atom is -0.444 e. The van der Waals surface area contributed by atoms with Crippen LogP contribution in [-0.4, -0.2) is 130 Å². The zero-order valence-corrected chi connectivity index (χ0v) is 40.4. The molecule has 4 aliphatic heterocycles. The number of piperazine rings is 1. The fraction of sp³-hybridized carbons (Fsp3) is 0.481. The van der Waals surface area contributed by atoms with Crippen LogP contribution in [0, 0.1) is 5.92 Å². The molecule has 4 fully saturated rings. The smallest absolute Gasteiger partial charge is 0.413 e. The number of ether oxygens (including phenoxy) is 1. The number of amides is 4. The first-order valence-electron chi connectivity index (χ1n) is 24.8. The van der Waals surface area contributed by atoms with Gasteiger partial charge in [-0.1, -0.05) is 31.2 Å². The van der Waals surface area contributed by atoms with Gasteiger partial charge in [0, 0.05) is 106 Å². The Kier molecular flexibility index (Phi) is 14.4. The van der Waals surface area contributed by atoms with Crippen molar-refractivity contribution in [2.75, 3.05) is 70.8 Å². The minimum absolute atomic E-state index is 0.113. The number of aromatic nitrogens is 2. The number of anilines is 1. The number of rotatable bonds is 11. The lowest BCUT2D eigenvalue weighted by atomic mass is 9.88. The standard InChI is InChI=1S/C54H66FN9O5/c1-35-41(30-44-43(16-21-56-50(35)44)40-12-14-48(57-32-40)59-53(68)69-54(2,3)4)34-61-22-19-38(20-23-61)37-8-10-39(11-9-37)52(67)64-24-17-36(18-25-64)33-62-26-28-63(29-27-62)47-7-5-6-42(31-45(47)55)58-46-13-15-49(65)60-51(46)66/h5-6,8-12,14,16,21,30-32,35-36,38,46,58H,7,13,15,17-20,22-29,33-34H2,1-4H3,(H,57,59,68)(H,60,65,66). The molecule has 4 saturated heterocycles. The summed E-state index contributed by atoms with van der Waals surface area (Å²) in [7, 11) is 0. The van der Waals surface area contributed by atoms with E-state index in [1.807, 2.05) is 68.3 Å². The van der Waals surface area contributed by atoms with Crippen molar-refractivity contribution in [1.29, 1.82) is 0 Å². The zero-order valence-electron chi connectivity index (χ0n) is 40.4. The minimum atomic E-state index is -0.592. The number of fused-ring (bicyclic) bond motifs is 1. The number of piperidine rings is 3. The average Bonchev–Trinajstić information content (AvgIpc) is 3.53. The van der Waals surface area contributed by atoms with Crippen molar-refractivity contribution in [3.05, 3.63) is 118 Å². The summed E-state index contributed by atoms with van der Waals surface area (Å²) in [6, 6.07) is 13.6. The van der Waals surface area contributed by atoms with E-state index < -0.39 is 17.7 Å². The largest absolute Gasteiger partial charge is 0.444 e. The molecule has 14 nitrogen and oxygen atoms in total. The van der Waals surface area contributed by atoms with Crippen molar-refractivity contribution in [3.8, 4) is 11.1 Å². The highest BCUT2D eigenvalue weighted by Crippen LogP contribution is 2.41. The first-order chi connectivity index (χ1) is 33.2. The summed E-state index contributed by atoms with van der Waals surface area (Å²) in [6.07, 6.45) is 15.8. The van der Waals surface area contributed by atoms with E-state index in [0.29, 0.717) is 41.9 Å². The number of nitrogens with zero attached hydrogens (tertiary/aromatic N) is 6. The van der Waals surface area contributed by atoms with Gasteiger partial charge in [0.25, 0.3) is 5.91 Å². The third-order valence-corrected chi connectivity index (χ3v) is 14.6. The van der Waals surface area contributed by atoms with Crippen molar-refractivity contribution in [2.45, 2.75) is 96.1 Å².